The molecule has 2 aromatic carbocycles. The number of benzene rings is 2. The molecule has 0 bridgehead atoms. The maximum Gasteiger partial charge on any atom is 0.338 e. The molecule has 8 heteroatoms. The first-order valence-corrected chi connectivity index (χ1v) is 10.8. The molecule has 0 radical (unpaired) electrons. The summed E-state index contributed by atoms with van der Waals surface area (Å²) in [5.74, 6) is -0.895. The Labute approximate surface area is 186 Å². The predicted molar refractivity (Wildman–Crippen MR) is 118 cm³/mol. The normalized spacial score (nSPS) is 16.1. The first kappa shape index (κ1) is 21.2. The van der Waals surface area contributed by atoms with Gasteiger partial charge in [-0.1, -0.05) is 53.3 Å². The fraction of sp³-hybridized carbons (Fsp3) is 0.174. The zero-order chi connectivity index (χ0) is 22.1. The van der Waals surface area contributed by atoms with Crippen LogP contribution >= 0.6 is 22.9 Å². The molecule has 1 aromatic heterocycles. The predicted octanol–water partition coefficient (Wildman–Crippen LogP) is 3.59. The number of aromatic nitrogens is 1. The number of hydrogen-bond donors (Lipinski definition) is 0. The van der Waals surface area contributed by atoms with E-state index in [9.17, 15) is 14.0 Å². The number of carbonyl (C=O) groups excluding carboxylic acids is 1. The number of allylic oxidation sites excluding steroid dienone is 1. The highest BCUT2D eigenvalue weighted by molar-refractivity contribution is 7.07. The van der Waals surface area contributed by atoms with Crippen LogP contribution in [-0.4, -0.2) is 17.1 Å². The number of fused-ring (bicyclic) bond motifs is 1. The largest absolute Gasteiger partial charge is 0.463 e. The Morgan fingerprint density at radius 1 is 1.26 bits per heavy atom. The highest BCUT2D eigenvalue weighted by Crippen LogP contribution is 2.34. The summed E-state index contributed by atoms with van der Waals surface area (Å²) in [6.07, 6.45) is 1.68. The Kier molecular flexibility index (Phi) is 5.89. The van der Waals surface area contributed by atoms with Crippen molar-refractivity contribution < 1.29 is 13.9 Å². The van der Waals surface area contributed by atoms with Gasteiger partial charge in [0.15, 0.2) is 4.80 Å². The van der Waals surface area contributed by atoms with Crippen LogP contribution in [0.25, 0.3) is 6.08 Å². The molecule has 0 N–H and O–H groups in total. The van der Waals surface area contributed by atoms with E-state index < -0.39 is 12.0 Å². The minimum atomic E-state index is -0.764. The lowest BCUT2D eigenvalue weighted by Gasteiger charge is -2.25. The van der Waals surface area contributed by atoms with Crippen molar-refractivity contribution in [3.05, 3.63) is 101 Å². The number of ether oxygens (including phenoxy) is 1. The molecule has 158 valence electrons. The topological polar surface area (TPSA) is 60.7 Å². The molecule has 0 fully saturated rings. The Balaban J connectivity index is 1.97. The fourth-order valence-electron chi connectivity index (χ4n) is 3.49. The number of nitrogens with zero attached hydrogens (tertiary/aromatic N) is 2. The maximum atomic E-state index is 13.4. The van der Waals surface area contributed by atoms with Gasteiger partial charge in [0.2, 0.25) is 0 Å². The molecule has 2 heterocycles. The second kappa shape index (κ2) is 8.61. The van der Waals surface area contributed by atoms with E-state index in [1.54, 1.807) is 56.3 Å². The monoisotopic (exact) mass is 456 g/mol. The minimum Gasteiger partial charge on any atom is -0.463 e. The third-order valence-electron chi connectivity index (χ3n) is 4.88. The number of halogens is 2. The van der Waals surface area contributed by atoms with Crippen LogP contribution in [0.5, 0.6) is 0 Å². The van der Waals surface area contributed by atoms with E-state index in [1.807, 2.05) is 0 Å². The van der Waals surface area contributed by atoms with Crippen LogP contribution in [0.2, 0.25) is 5.02 Å². The van der Waals surface area contributed by atoms with Crippen molar-refractivity contribution in [1.29, 1.82) is 0 Å². The van der Waals surface area contributed by atoms with Crippen LogP contribution in [0.3, 0.4) is 0 Å². The molecule has 31 heavy (non-hydrogen) atoms. The molecule has 0 spiro atoms. The number of rotatable bonds is 4. The summed E-state index contributed by atoms with van der Waals surface area (Å²) >= 11 is 7.66. The lowest BCUT2D eigenvalue weighted by Crippen LogP contribution is -2.40. The van der Waals surface area contributed by atoms with Gasteiger partial charge in [-0.15, -0.1) is 0 Å². The SMILES string of the molecule is CCOC(=O)C1=C(C)N=c2s/c(=C\c3ccc(F)cc3)c(=O)n2C1c1ccccc1Cl. The number of hydrogen-bond acceptors (Lipinski definition) is 5. The first-order chi connectivity index (χ1) is 14.9. The van der Waals surface area contributed by atoms with Gasteiger partial charge in [-0.25, -0.2) is 14.2 Å². The van der Waals surface area contributed by atoms with Gasteiger partial charge in [0.25, 0.3) is 5.56 Å². The van der Waals surface area contributed by atoms with Gasteiger partial charge in [0.05, 0.1) is 22.4 Å². The highest BCUT2D eigenvalue weighted by atomic mass is 35.5. The molecule has 1 atom stereocenters. The van der Waals surface area contributed by atoms with Crippen molar-refractivity contribution in [2.75, 3.05) is 6.61 Å². The van der Waals surface area contributed by atoms with E-state index in [0.717, 1.165) is 0 Å². The van der Waals surface area contributed by atoms with Crippen molar-refractivity contribution in [1.82, 2.24) is 4.57 Å². The van der Waals surface area contributed by atoms with E-state index in [4.69, 9.17) is 16.3 Å². The van der Waals surface area contributed by atoms with Crippen LogP contribution in [0, 0.1) is 5.82 Å². The van der Waals surface area contributed by atoms with Crippen molar-refractivity contribution in [2.45, 2.75) is 19.9 Å². The van der Waals surface area contributed by atoms with E-state index in [2.05, 4.69) is 4.99 Å². The molecule has 1 aliphatic rings. The van der Waals surface area contributed by atoms with Gasteiger partial charge < -0.3 is 4.74 Å². The minimum absolute atomic E-state index is 0.194. The maximum absolute atomic E-state index is 13.4. The van der Waals surface area contributed by atoms with Crippen LogP contribution < -0.4 is 14.9 Å². The Bertz CT molecular complexity index is 1370. The van der Waals surface area contributed by atoms with Crippen molar-refractivity contribution >= 4 is 35.0 Å². The first-order valence-electron chi connectivity index (χ1n) is 9.60. The highest BCUT2D eigenvalue weighted by Gasteiger charge is 2.34. The van der Waals surface area contributed by atoms with Crippen LogP contribution in [0.4, 0.5) is 4.39 Å². The summed E-state index contributed by atoms with van der Waals surface area (Å²) in [7, 11) is 0. The summed E-state index contributed by atoms with van der Waals surface area (Å²) in [6, 6.07) is 12.2. The van der Waals surface area contributed by atoms with E-state index >= 15 is 0 Å². The standard InChI is InChI=1S/C23H18ClFN2O3S/c1-3-30-22(29)19-13(2)26-23-27(20(19)16-6-4-5-7-17(16)24)21(28)18(31-23)12-14-8-10-15(25)11-9-14/h4-12,20H,3H2,1-2H3/b18-12-. The molecule has 0 amide bonds. The summed E-state index contributed by atoms with van der Waals surface area (Å²) in [6.45, 7) is 3.63. The van der Waals surface area contributed by atoms with Crippen LogP contribution in [-0.2, 0) is 9.53 Å². The molecule has 4 rings (SSSR count). The summed E-state index contributed by atoms with van der Waals surface area (Å²) in [4.78, 5) is 31.2. The molecular weight excluding hydrogens is 439 g/mol. The molecule has 1 unspecified atom stereocenters. The number of carbonyl (C=O) groups is 1. The molecular formula is C23H18ClFN2O3S. The zero-order valence-corrected chi connectivity index (χ0v) is 18.3. The summed E-state index contributed by atoms with van der Waals surface area (Å²) < 4.78 is 20.4. The third-order valence-corrected chi connectivity index (χ3v) is 6.21. The molecule has 3 aromatic rings. The van der Waals surface area contributed by atoms with Gasteiger partial charge in [-0.05, 0) is 49.2 Å². The van der Waals surface area contributed by atoms with Crippen molar-refractivity contribution in [2.24, 2.45) is 4.99 Å². The number of thiazole rings is 1. The van der Waals surface area contributed by atoms with Crippen molar-refractivity contribution in [3.63, 3.8) is 0 Å². The van der Waals surface area contributed by atoms with E-state index in [0.29, 0.717) is 31.2 Å². The van der Waals surface area contributed by atoms with Crippen LogP contribution in [0.1, 0.15) is 31.0 Å². The third kappa shape index (κ3) is 3.98. The van der Waals surface area contributed by atoms with Crippen LogP contribution in [0.15, 0.2) is 69.6 Å². The fourth-order valence-corrected chi connectivity index (χ4v) is 4.78. The second-order valence-electron chi connectivity index (χ2n) is 6.88. The van der Waals surface area contributed by atoms with E-state index in [-0.39, 0.29) is 23.6 Å². The summed E-state index contributed by atoms with van der Waals surface area (Å²) in [5.41, 5.74) is 1.72. The molecule has 5 nitrogen and oxygen atoms in total. The van der Waals surface area contributed by atoms with Gasteiger partial charge in [0, 0.05) is 5.02 Å². The molecule has 0 saturated carbocycles. The molecule has 0 aliphatic carbocycles. The van der Waals surface area contributed by atoms with Gasteiger partial charge in [-0.2, -0.15) is 0 Å². The average molecular weight is 457 g/mol. The smallest absolute Gasteiger partial charge is 0.338 e. The Morgan fingerprint density at radius 3 is 2.65 bits per heavy atom. The lowest BCUT2D eigenvalue weighted by molar-refractivity contribution is -0.139. The average Bonchev–Trinajstić information content (AvgIpc) is 3.04. The second-order valence-corrected chi connectivity index (χ2v) is 8.29. The Hall–Kier alpha value is -3.03. The molecule has 0 saturated heterocycles. The van der Waals surface area contributed by atoms with Crippen molar-refractivity contribution in [3.8, 4) is 0 Å². The van der Waals surface area contributed by atoms with E-state index in [1.165, 1.54) is 28.0 Å². The Morgan fingerprint density at radius 2 is 1.97 bits per heavy atom. The van der Waals surface area contributed by atoms with Gasteiger partial charge >= 0.3 is 5.97 Å². The van der Waals surface area contributed by atoms with Gasteiger partial charge in [-0.3, -0.25) is 9.36 Å². The zero-order valence-electron chi connectivity index (χ0n) is 16.8. The van der Waals surface area contributed by atoms with Gasteiger partial charge in [0.1, 0.15) is 11.9 Å². The summed E-state index contributed by atoms with van der Waals surface area (Å²) in [5, 5.41) is 0.428. The molecule has 1 aliphatic heterocycles. The quantitative estimate of drug-likeness (QED) is 0.564. The number of esters is 1. The lowest BCUT2D eigenvalue weighted by atomic mass is 9.96.